The molecule has 0 saturated carbocycles. The van der Waals surface area contributed by atoms with Gasteiger partial charge >= 0.3 is 5.97 Å². The Morgan fingerprint density at radius 3 is 2.71 bits per heavy atom. The Morgan fingerprint density at radius 1 is 1.47 bits per heavy atom. The Balaban J connectivity index is 2.93. The van der Waals surface area contributed by atoms with Crippen molar-refractivity contribution < 1.29 is 14.6 Å². The van der Waals surface area contributed by atoms with Gasteiger partial charge in [-0.2, -0.15) is 0 Å². The monoisotopic (exact) mass is 296 g/mol. The van der Waals surface area contributed by atoms with Crippen LogP contribution in [0, 0.1) is 0 Å². The zero-order valence-corrected chi connectivity index (χ0v) is 11.2. The summed E-state index contributed by atoms with van der Waals surface area (Å²) in [6.45, 7) is 1.92. The Kier molecular flexibility index (Phi) is 4.97. The van der Waals surface area contributed by atoms with Crippen LogP contribution in [0.4, 0.5) is 0 Å². The Hall–Kier alpha value is -1.55. The standard InChI is InChI=1S/C13H13BrO3/c1-9(4-3-5-13(15)16)10-6-7-12(17-2)11(14)8-10/h3-8H,1-2H3,(H,15,16)/b5-3+,9-4+. The molecule has 4 heteroatoms. The van der Waals surface area contributed by atoms with E-state index in [1.807, 2.05) is 25.1 Å². The van der Waals surface area contributed by atoms with Crippen LogP contribution in [-0.2, 0) is 4.79 Å². The van der Waals surface area contributed by atoms with Gasteiger partial charge in [0.2, 0.25) is 0 Å². The predicted octanol–water partition coefficient (Wildman–Crippen LogP) is 3.50. The van der Waals surface area contributed by atoms with Gasteiger partial charge < -0.3 is 9.84 Å². The van der Waals surface area contributed by atoms with E-state index in [-0.39, 0.29) is 0 Å². The van der Waals surface area contributed by atoms with Gasteiger partial charge in [0.1, 0.15) is 5.75 Å². The first-order valence-electron chi connectivity index (χ1n) is 4.96. The number of carboxylic acid groups (broad SMARTS) is 1. The van der Waals surface area contributed by atoms with Crippen molar-refractivity contribution in [3.63, 3.8) is 0 Å². The molecular formula is C13H13BrO3. The molecule has 0 saturated heterocycles. The predicted molar refractivity (Wildman–Crippen MR) is 71.1 cm³/mol. The first kappa shape index (κ1) is 13.5. The second-order valence-electron chi connectivity index (χ2n) is 3.40. The maximum Gasteiger partial charge on any atom is 0.328 e. The fraction of sp³-hybridized carbons (Fsp3) is 0.154. The summed E-state index contributed by atoms with van der Waals surface area (Å²) in [5.74, 6) is -0.187. The third-order valence-electron chi connectivity index (χ3n) is 2.19. The lowest BCUT2D eigenvalue weighted by Gasteiger charge is -2.06. The van der Waals surface area contributed by atoms with E-state index in [1.165, 1.54) is 6.08 Å². The molecule has 1 N–H and O–H groups in total. The highest BCUT2D eigenvalue weighted by molar-refractivity contribution is 9.10. The lowest BCUT2D eigenvalue weighted by molar-refractivity contribution is -0.131. The molecule has 0 radical (unpaired) electrons. The summed E-state index contributed by atoms with van der Waals surface area (Å²) in [6, 6.07) is 5.71. The topological polar surface area (TPSA) is 46.5 Å². The van der Waals surface area contributed by atoms with Gasteiger partial charge in [-0.05, 0) is 46.1 Å². The molecule has 0 aromatic heterocycles. The number of ether oxygens (including phenoxy) is 1. The van der Waals surface area contributed by atoms with Crippen molar-refractivity contribution in [3.8, 4) is 5.75 Å². The largest absolute Gasteiger partial charge is 0.496 e. The molecule has 0 atom stereocenters. The molecule has 1 rings (SSSR count). The normalized spacial score (nSPS) is 11.8. The van der Waals surface area contributed by atoms with Crippen molar-refractivity contribution in [1.29, 1.82) is 0 Å². The van der Waals surface area contributed by atoms with Crippen molar-refractivity contribution in [1.82, 2.24) is 0 Å². The van der Waals surface area contributed by atoms with E-state index in [1.54, 1.807) is 13.2 Å². The van der Waals surface area contributed by atoms with Crippen LogP contribution in [0.1, 0.15) is 12.5 Å². The van der Waals surface area contributed by atoms with Gasteiger partial charge in [-0.3, -0.25) is 0 Å². The molecule has 90 valence electrons. The van der Waals surface area contributed by atoms with E-state index in [0.29, 0.717) is 0 Å². The average molecular weight is 297 g/mol. The van der Waals surface area contributed by atoms with Crippen LogP contribution in [0.5, 0.6) is 5.75 Å². The number of methoxy groups -OCH3 is 1. The lowest BCUT2D eigenvalue weighted by atomic mass is 10.1. The zero-order valence-electron chi connectivity index (χ0n) is 9.61. The van der Waals surface area contributed by atoms with Crippen molar-refractivity contribution >= 4 is 27.5 Å². The van der Waals surface area contributed by atoms with Gasteiger partial charge in [0.25, 0.3) is 0 Å². The summed E-state index contributed by atoms with van der Waals surface area (Å²) in [5, 5.41) is 8.47. The molecule has 0 aliphatic rings. The second-order valence-corrected chi connectivity index (χ2v) is 4.25. The number of benzene rings is 1. The van der Waals surface area contributed by atoms with E-state index < -0.39 is 5.97 Å². The van der Waals surface area contributed by atoms with Crippen LogP contribution in [0.15, 0.2) is 40.9 Å². The smallest absolute Gasteiger partial charge is 0.328 e. The minimum Gasteiger partial charge on any atom is -0.496 e. The number of hydrogen-bond acceptors (Lipinski definition) is 2. The summed E-state index contributed by atoms with van der Waals surface area (Å²) in [7, 11) is 1.61. The molecule has 0 fully saturated rings. The molecule has 3 nitrogen and oxygen atoms in total. The number of allylic oxidation sites excluding steroid dienone is 3. The van der Waals surface area contributed by atoms with Crippen LogP contribution in [0.2, 0.25) is 0 Å². The van der Waals surface area contributed by atoms with Gasteiger partial charge in [-0.1, -0.05) is 18.2 Å². The Morgan fingerprint density at radius 2 is 2.18 bits per heavy atom. The van der Waals surface area contributed by atoms with E-state index in [0.717, 1.165) is 27.4 Å². The summed E-state index contributed by atoms with van der Waals surface area (Å²) in [5.41, 5.74) is 1.98. The van der Waals surface area contributed by atoms with Gasteiger partial charge in [0, 0.05) is 6.08 Å². The van der Waals surface area contributed by atoms with Crippen LogP contribution in [0.3, 0.4) is 0 Å². The maximum atomic E-state index is 10.3. The lowest BCUT2D eigenvalue weighted by Crippen LogP contribution is -1.87. The van der Waals surface area contributed by atoms with Gasteiger partial charge in [0.05, 0.1) is 11.6 Å². The van der Waals surface area contributed by atoms with Crippen molar-refractivity contribution in [3.05, 3.63) is 46.5 Å². The molecular weight excluding hydrogens is 284 g/mol. The highest BCUT2D eigenvalue weighted by atomic mass is 79.9. The first-order chi connectivity index (χ1) is 8.04. The number of hydrogen-bond donors (Lipinski definition) is 1. The third kappa shape index (κ3) is 4.07. The van der Waals surface area contributed by atoms with E-state index >= 15 is 0 Å². The van der Waals surface area contributed by atoms with Gasteiger partial charge in [-0.25, -0.2) is 4.79 Å². The maximum absolute atomic E-state index is 10.3. The minimum atomic E-state index is -0.954. The van der Waals surface area contributed by atoms with Gasteiger partial charge in [0.15, 0.2) is 0 Å². The van der Waals surface area contributed by atoms with E-state index in [9.17, 15) is 4.79 Å². The fourth-order valence-corrected chi connectivity index (χ4v) is 1.82. The number of aliphatic carboxylic acids is 1. The molecule has 0 unspecified atom stereocenters. The molecule has 1 aromatic carbocycles. The average Bonchev–Trinajstić information content (AvgIpc) is 2.28. The highest BCUT2D eigenvalue weighted by Crippen LogP contribution is 2.28. The zero-order chi connectivity index (χ0) is 12.8. The minimum absolute atomic E-state index is 0.766. The summed E-state index contributed by atoms with van der Waals surface area (Å²) >= 11 is 3.40. The fourth-order valence-electron chi connectivity index (χ4n) is 1.28. The molecule has 1 aromatic rings. The van der Waals surface area contributed by atoms with Crippen molar-refractivity contribution in [2.24, 2.45) is 0 Å². The molecule has 0 aliphatic heterocycles. The summed E-state index contributed by atoms with van der Waals surface area (Å²) in [4.78, 5) is 10.3. The van der Waals surface area contributed by atoms with Crippen LogP contribution in [-0.4, -0.2) is 18.2 Å². The molecule has 0 amide bonds. The number of halogens is 1. The molecule has 0 bridgehead atoms. The van der Waals surface area contributed by atoms with Gasteiger partial charge in [-0.15, -0.1) is 0 Å². The summed E-state index contributed by atoms with van der Waals surface area (Å²) < 4.78 is 6.00. The Labute approximate surface area is 109 Å². The van der Waals surface area contributed by atoms with Crippen molar-refractivity contribution in [2.45, 2.75) is 6.92 Å². The summed E-state index contributed by atoms with van der Waals surface area (Å²) in [6.07, 6.45) is 4.36. The highest BCUT2D eigenvalue weighted by Gasteiger charge is 2.01. The SMILES string of the molecule is COc1ccc(/C(C)=C/C=C/C(=O)O)cc1Br. The van der Waals surface area contributed by atoms with Crippen LogP contribution in [0.25, 0.3) is 5.57 Å². The quantitative estimate of drug-likeness (QED) is 0.683. The number of carbonyl (C=O) groups is 1. The number of rotatable bonds is 4. The van der Waals surface area contributed by atoms with Crippen LogP contribution < -0.4 is 4.74 Å². The Bertz CT molecular complexity index is 476. The van der Waals surface area contributed by atoms with Crippen molar-refractivity contribution in [2.75, 3.05) is 7.11 Å². The second kappa shape index (κ2) is 6.25. The first-order valence-corrected chi connectivity index (χ1v) is 5.75. The molecule has 0 aliphatic carbocycles. The molecule has 17 heavy (non-hydrogen) atoms. The van der Waals surface area contributed by atoms with Crippen LogP contribution >= 0.6 is 15.9 Å². The third-order valence-corrected chi connectivity index (χ3v) is 2.81. The molecule has 0 heterocycles. The van der Waals surface area contributed by atoms with E-state index in [2.05, 4.69) is 15.9 Å². The van der Waals surface area contributed by atoms with E-state index in [4.69, 9.17) is 9.84 Å². The number of carboxylic acids is 1. The molecule has 0 spiro atoms.